The molecule has 0 bridgehead atoms. The van der Waals surface area contributed by atoms with Gasteiger partial charge in [0.1, 0.15) is 0 Å². The summed E-state index contributed by atoms with van der Waals surface area (Å²) >= 11 is 34.1. The van der Waals surface area contributed by atoms with Crippen molar-refractivity contribution in [2.45, 2.75) is 18.6 Å². The molecule has 0 aliphatic heterocycles. The van der Waals surface area contributed by atoms with Crippen molar-refractivity contribution in [3.05, 3.63) is 0 Å². The van der Waals surface area contributed by atoms with Crippen molar-refractivity contribution in [1.82, 2.24) is 0 Å². The maximum Gasteiger partial charge on any atom is 0.345 e. The van der Waals surface area contributed by atoms with E-state index in [0.29, 0.717) is 0 Å². The van der Waals surface area contributed by atoms with Crippen molar-refractivity contribution in [3.63, 3.8) is 0 Å². The monoisotopic (exact) mass is 350 g/mol. The molecule has 0 spiro atoms. The molecule has 0 heterocycles. The molecule has 14 heavy (non-hydrogen) atoms. The van der Waals surface area contributed by atoms with Gasteiger partial charge in [-0.3, -0.25) is 0 Å². The van der Waals surface area contributed by atoms with Gasteiger partial charge in [0.2, 0.25) is 8.13 Å². The van der Waals surface area contributed by atoms with Crippen LogP contribution in [0.3, 0.4) is 0 Å². The van der Waals surface area contributed by atoms with Gasteiger partial charge in [-0.1, -0.05) is 81.2 Å². The average molecular weight is 353 g/mol. The Hall–Kier alpha value is 1.82. The predicted octanol–water partition coefficient (Wildman–Crippen LogP) is 5.27. The van der Waals surface area contributed by atoms with Crippen LogP contribution in [0.15, 0.2) is 0 Å². The van der Waals surface area contributed by atoms with E-state index in [1.807, 2.05) is 0 Å². The van der Waals surface area contributed by atoms with E-state index in [2.05, 4.69) is 23.2 Å². The number of rotatable bonds is 2. The van der Waals surface area contributed by atoms with Gasteiger partial charge in [0.05, 0.1) is 0 Å². The van der Waals surface area contributed by atoms with Gasteiger partial charge in [-0.2, -0.15) is 8.78 Å². The second-order valence-electron chi connectivity index (χ2n) is 2.14. The molecule has 0 aromatic heterocycles. The molecule has 0 aromatic rings. The molecule has 0 aliphatic carbocycles. The Morgan fingerprint density at radius 1 is 0.643 bits per heavy atom. The Bertz CT molecular complexity index is 190. The molecule has 0 aromatic carbocycles. The van der Waals surface area contributed by atoms with Gasteiger partial charge in [0.15, 0.2) is 0 Å². The average Bonchev–Trinajstić information content (AvgIpc) is 1.81. The van der Waals surface area contributed by atoms with Crippen LogP contribution in [0.25, 0.3) is 0 Å². The molecule has 0 radical (unpaired) electrons. The summed E-state index contributed by atoms with van der Waals surface area (Å²) in [7, 11) is 0. The fourth-order valence-corrected chi connectivity index (χ4v) is 1.45. The minimum absolute atomic E-state index is 2.87. The summed E-state index contributed by atoms with van der Waals surface area (Å²) in [6.45, 7) is 0. The smallest absolute Gasteiger partial charge is 0.201 e. The Balaban J connectivity index is 5.30. The number of hydrogen-bond acceptors (Lipinski definition) is 0. The molecule has 0 saturated heterocycles. The third kappa shape index (κ3) is 2.73. The number of alkyl halides is 10. The zero-order valence-corrected chi connectivity index (χ0v) is 11.1. The standard InChI is InChI=1S/C4Cl7F3/c5-1(6,3(7,8)9)2(12,13)4(10,11)14. The summed E-state index contributed by atoms with van der Waals surface area (Å²) in [5.41, 5.74) is 0. The van der Waals surface area contributed by atoms with Crippen molar-refractivity contribution < 1.29 is 13.2 Å². The zero-order chi connectivity index (χ0) is 12.0. The summed E-state index contributed by atoms with van der Waals surface area (Å²) in [4.78, 5) is 0. The molecule has 0 fully saturated rings. The summed E-state index contributed by atoms with van der Waals surface area (Å²) in [6, 6.07) is 0. The van der Waals surface area contributed by atoms with Crippen molar-refractivity contribution in [2.24, 2.45) is 0 Å². The highest BCUT2D eigenvalue weighted by Crippen LogP contribution is 2.60. The maximum absolute atomic E-state index is 13.0. The summed E-state index contributed by atoms with van der Waals surface area (Å²) < 4.78 is 28.4. The van der Waals surface area contributed by atoms with Crippen LogP contribution >= 0.6 is 81.2 Å². The van der Waals surface area contributed by atoms with E-state index in [4.69, 9.17) is 58.0 Å². The minimum Gasteiger partial charge on any atom is -0.201 e. The lowest BCUT2D eigenvalue weighted by atomic mass is 10.2. The van der Waals surface area contributed by atoms with Gasteiger partial charge in [-0.05, 0) is 0 Å². The Labute approximate surface area is 112 Å². The molecule has 0 unspecified atom stereocenters. The fraction of sp³-hybridized carbons (Fsp3) is 1.00. The molecule has 0 aliphatic rings. The van der Waals surface area contributed by atoms with Gasteiger partial charge in [-0.15, -0.1) is 0 Å². The lowest BCUT2D eigenvalue weighted by molar-refractivity contribution is -0.0715. The van der Waals surface area contributed by atoms with Crippen molar-refractivity contribution >= 4 is 81.2 Å². The quantitative estimate of drug-likeness (QED) is 0.594. The molecule has 0 atom stereocenters. The third-order valence-electron chi connectivity index (χ3n) is 1.11. The minimum atomic E-state index is -4.68. The second-order valence-corrected chi connectivity index (χ2v) is 6.99. The Morgan fingerprint density at radius 2 is 0.929 bits per heavy atom. The number of halogens is 10. The van der Waals surface area contributed by atoms with E-state index in [1.165, 1.54) is 0 Å². The maximum atomic E-state index is 13.0. The molecule has 10 heteroatoms. The molecule has 86 valence electrons. The number of hydrogen-bond donors (Lipinski definition) is 0. The van der Waals surface area contributed by atoms with E-state index in [0.717, 1.165) is 0 Å². The Morgan fingerprint density at radius 3 is 1.00 bits per heavy atom. The van der Waals surface area contributed by atoms with E-state index < -0.39 is 18.6 Å². The normalized spacial score (nSPS) is 15.9. The first-order valence-electron chi connectivity index (χ1n) is 2.64. The van der Waals surface area contributed by atoms with Crippen LogP contribution in [-0.4, -0.2) is 18.6 Å². The van der Waals surface area contributed by atoms with Crippen LogP contribution in [0.5, 0.6) is 0 Å². The Kier molecular flexibility index (Phi) is 4.80. The van der Waals surface area contributed by atoms with Gasteiger partial charge >= 0.3 is 10.5 Å². The van der Waals surface area contributed by atoms with Crippen LogP contribution in [0, 0.1) is 0 Å². The van der Waals surface area contributed by atoms with Gasteiger partial charge < -0.3 is 0 Å². The molecule has 0 N–H and O–H groups in total. The predicted molar refractivity (Wildman–Crippen MR) is 55.2 cm³/mol. The molecular weight excluding hydrogens is 353 g/mol. The molecule has 0 rings (SSSR count). The van der Waals surface area contributed by atoms with E-state index in [-0.39, 0.29) is 0 Å². The van der Waals surface area contributed by atoms with Gasteiger partial charge in [0, 0.05) is 0 Å². The van der Waals surface area contributed by atoms with E-state index in [1.54, 1.807) is 0 Å². The van der Waals surface area contributed by atoms with Crippen LogP contribution in [-0.2, 0) is 0 Å². The van der Waals surface area contributed by atoms with Crippen molar-refractivity contribution in [1.29, 1.82) is 0 Å². The molecule has 0 saturated carbocycles. The summed E-state index contributed by atoms with van der Waals surface area (Å²) in [5.74, 6) is -4.68. The van der Waals surface area contributed by atoms with E-state index in [9.17, 15) is 13.2 Å². The summed E-state index contributed by atoms with van der Waals surface area (Å²) in [6.07, 6.45) is 0. The van der Waals surface area contributed by atoms with E-state index >= 15 is 0 Å². The largest absolute Gasteiger partial charge is 0.345 e. The SMILES string of the molecule is FC(Cl)(Cl)C(F)(F)C(Cl)(Cl)C(Cl)(Cl)Cl. The van der Waals surface area contributed by atoms with Gasteiger partial charge in [-0.25, -0.2) is 4.39 Å². The first-order valence-corrected chi connectivity index (χ1v) is 5.29. The van der Waals surface area contributed by atoms with Crippen LogP contribution in [0.4, 0.5) is 13.2 Å². The third-order valence-corrected chi connectivity index (χ3v) is 4.05. The first kappa shape index (κ1) is 15.8. The highest BCUT2D eigenvalue weighted by molar-refractivity contribution is 6.76. The molecule has 0 nitrogen and oxygen atoms in total. The van der Waals surface area contributed by atoms with Crippen LogP contribution in [0.1, 0.15) is 0 Å². The van der Waals surface area contributed by atoms with Crippen molar-refractivity contribution in [3.8, 4) is 0 Å². The van der Waals surface area contributed by atoms with Crippen LogP contribution < -0.4 is 0 Å². The van der Waals surface area contributed by atoms with Crippen LogP contribution in [0.2, 0.25) is 0 Å². The van der Waals surface area contributed by atoms with Gasteiger partial charge in [0.25, 0.3) is 0 Å². The highest BCUT2D eigenvalue weighted by atomic mass is 35.6. The lowest BCUT2D eigenvalue weighted by Crippen LogP contribution is -2.56. The molecular formula is C4Cl7F3. The fourth-order valence-electron chi connectivity index (χ4n) is 0.356. The zero-order valence-electron chi connectivity index (χ0n) is 5.78. The topological polar surface area (TPSA) is 0 Å². The first-order chi connectivity index (χ1) is 5.75. The van der Waals surface area contributed by atoms with Crippen molar-refractivity contribution in [2.75, 3.05) is 0 Å². The second kappa shape index (κ2) is 4.25. The summed E-state index contributed by atoms with van der Waals surface area (Å²) in [5, 5.41) is 0. The lowest BCUT2D eigenvalue weighted by Gasteiger charge is -2.37. The highest BCUT2D eigenvalue weighted by Gasteiger charge is 2.73. The molecule has 0 amide bonds.